The quantitative estimate of drug-likeness (QED) is 0.521. The van der Waals surface area contributed by atoms with Crippen molar-refractivity contribution < 1.29 is 9.53 Å². The Hall–Kier alpha value is -0.590. The van der Waals surface area contributed by atoms with Gasteiger partial charge in [-0.3, -0.25) is 0 Å². The number of hydrogen-bond acceptors (Lipinski definition) is 3. The summed E-state index contributed by atoms with van der Waals surface area (Å²) in [5.41, 5.74) is 0.704. The van der Waals surface area contributed by atoms with Crippen LogP contribution in [0.5, 0.6) is 0 Å². The van der Waals surface area contributed by atoms with Crippen molar-refractivity contribution in [2.75, 3.05) is 6.54 Å². The summed E-state index contributed by atoms with van der Waals surface area (Å²) in [7, 11) is 0. The van der Waals surface area contributed by atoms with Crippen molar-refractivity contribution >= 4 is 38.0 Å². The third-order valence-corrected chi connectivity index (χ3v) is 4.74. The average Bonchev–Trinajstić information content (AvgIpc) is 2.42. The van der Waals surface area contributed by atoms with Crippen LogP contribution < -0.4 is 10.6 Å². The van der Waals surface area contributed by atoms with E-state index in [1.807, 2.05) is 32.9 Å². The summed E-state index contributed by atoms with van der Waals surface area (Å²) in [5.74, 6) is 0.526. The van der Waals surface area contributed by atoms with Gasteiger partial charge in [0.05, 0.1) is 0 Å². The molecule has 2 unspecified atom stereocenters. The Kier molecular flexibility index (Phi) is 8.92. The van der Waals surface area contributed by atoms with Gasteiger partial charge in [-0.15, -0.1) is 0 Å². The number of carbonyl (C=O) groups excluding carboxylic acids is 1. The molecule has 4 nitrogen and oxygen atoms in total. The van der Waals surface area contributed by atoms with Crippen LogP contribution in [0.15, 0.2) is 27.1 Å². The maximum absolute atomic E-state index is 11.9. The van der Waals surface area contributed by atoms with Crippen LogP contribution in [0, 0.1) is 5.92 Å². The van der Waals surface area contributed by atoms with E-state index in [9.17, 15) is 4.79 Å². The Labute approximate surface area is 168 Å². The molecule has 2 atom stereocenters. The number of benzene rings is 1. The van der Waals surface area contributed by atoms with E-state index < -0.39 is 5.60 Å². The van der Waals surface area contributed by atoms with E-state index in [2.05, 4.69) is 69.3 Å². The average molecular weight is 478 g/mol. The highest BCUT2D eigenvalue weighted by molar-refractivity contribution is 9.11. The predicted octanol–water partition coefficient (Wildman–Crippen LogP) is 5.80. The maximum Gasteiger partial charge on any atom is 0.407 e. The van der Waals surface area contributed by atoms with E-state index in [1.54, 1.807) is 0 Å². The van der Waals surface area contributed by atoms with Crippen molar-refractivity contribution in [3.8, 4) is 0 Å². The summed E-state index contributed by atoms with van der Waals surface area (Å²) >= 11 is 7.11. The lowest BCUT2D eigenvalue weighted by molar-refractivity contribution is 0.0520. The first kappa shape index (κ1) is 22.5. The molecule has 0 aliphatic carbocycles. The number of hydrogen-bond donors (Lipinski definition) is 2. The van der Waals surface area contributed by atoms with Crippen molar-refractivity contribution in [1.29, 1.82) is 0 Å². The van der Waals surface area contributed by atoms with Crippen LogP contribution in [0.25, 0.3) is 0 Å². The molecule has 0 spiro atoms. The van der Waals surface area contributed by atoms with E-state index in [-0.39, 0.29) is 18.2 Å². The van der Waals surface area contributed by atoms with Crippen molar-refractivity contribution in [3.05, 3.63) is 32.7 Å². The smallest absolute Gasteiger partial charge is 0.407 e. The molecule has 0 fully saturated rings. The lowest BCUT2D eigenvalue weighted by Gasteiger charge is -2.27. The molecule has 1 aromatic rings. The first-order valence-corrected chi connectivity index (χ1v) is 10.2. The highest BCUT2D eigenvalue weighted by Crippen LogP contribution is 2.27. The minimum atomic E-state index is -0.485. The molecule has 0 saturated carbocycles. The van der Waals surface area contributed by atoms with Gasteiger partial charge in [0.25, 0.3) is 0 Å². The number of amides is 1. The van der Waals surface area contributed by atoms with Gasteiger partial charge >= 0.3 is 6.09 Å². The summed E-state index contributed by atoms with van der Waals surface area (Å²) in [6, 6.07) is 6.50. The fourth-order valence-corrected chi connectivity index (χ4v) is 3.99. The van der Waals surface area contributed by atoms with E-state index >= 15 is 0 Å². The Balaban J connectivity index is 2.70. The van der Waals surface area contributed by atoms with Gasteiger partial charge in [0, 0.05) is 27.6 Å². The molecule has 0 aliphatic heterocycles. The first-order valence-electron chi connectivity index (χ1n) is 8.65. The normalized spacial score (nSPS) is 14.3. The van der Waals surface area contributed by atoms with Gasteiger partial charge in [-0.05, 0) is 57.7 Å². The molecule has 0 aliphatic rings. The molecular weight excluding hydrogens is 448 g/mol. The monoisotopic (exact) mass is 476 g/mol. The number of alkyl carbamates (subject to hydrolysis) is 1. The van der Waals surface area contributed by atoms with Crippen LogP contribution >= 0.6 is 31.9 Å². The second kappa shape index (κ2) is 9.93. The highest BCUT2D eigenvalue weighted by atomic mass is 79.9. The van der Waals surface area contributed by atoms with Crippen LogP contribution in [-0.2, 0) is 4.74 Å². The topological polar surface area (TPSA) is 50.4 Å². The zero-order valence-corrected chi connectivity index (χ0v) is 19.1. The fourth-order valence-electron chi connectivity index (χ4n) is 2.60. The standard InChI is InChI=1S/C19H30Br2N2O2/c1-12(2)9-15(11-22-18(24)25-19(4,5)6)23-13(3)16-8-7-14(20)10-17(16)21/h7-8,10,12-13,15,23H,9,11H2,1-6H3,(H,22,24). The fraction of sp³-hybridized carbons (Fsp3) is 0.632. The summed E-state index contributed by atoms with van der Waals surface area (Å²) in [6.45, 7) is 12.6. The number of ether oxygens (including phenoxy) is 1. The second-order valence-corrected chi connectivity index (χ2v) is 9.53. The minimum absolute atomic E-state index is 0.159. The Morgan fingerprint density at radius 1 is 1.20 bits per heavy atom. The molecule has 0 bridgehead atoms. The van der Waals surface area contributed by atoms with Gasteiger partial charge in [0.1, 0.15) is 5.60 Å². The van der Waals surface area contributed by atoms with E-state index in [0.717, 1.165) is 15.4 Å². The third-order valence-electron chi connectivity index (χ3n) is 3.56. The summed E-state index contributed by atoms with van der Waals surface area (Å²) in [6.07, 6.45) is 0.592. The van der Waals surface area contributed by atoms with E-state index in [4.69, 9.17) is 4.74 Å². The molecule has 1 rings (SSSR count). The number of rotatable bonds is 7. The van der Waals surface area contributed by atoms with Crippen LogP contribution in [0.4, 0.5) is 4.79 Å². The number of halogens is 2. The maximum atomic E-state index is 11.9. The predicted molar refractivity (Wildman–Crippen MR) is 111 cm³/mol. The van der Waals surface area contributed by atoms with Crippen LogP contribution in [0.3, 0.4) is 0 Å². The molecular formula is C19H30Br2N2O2. The molecule has 0 aromatic heterocycles. The lowest BCUT2D eigenvalue weighted by atomic mass is 10.0. The van der Waals surface area contributed by atoms with Crippen LogP contribution in [-0.4, -0.2) is 24.3 Å². The first-order chi connectivity index (χ1) is 11.5. The van der Waals surface area contributed by atoms with Gasteiger partial charge < -0.3 is 15.4 Å². The van der Waals surface area contributed by atoms with Gasteiger partial charge in [0.15, 0.2) is 0 Å². The molecule has 0 radical (unpaired) electrons. The molecule has 6 heteroatoms. The van der Waals surface area contributed by atoms with Crippen LogP contribution in [0.2, 0.25) is 0 Å². The third kappa shape index (κ3) is 9.06. The molecule has 0 saturated heterocycles. The summed E-state index contributed by atoms with van der Waals surface area (Å²) in [4.78, 5) is 11.9. The molecule has 1 aromatic carbocycles. The van der Waals surface area contributed by atoms with E-state index in [1.165, 1.54) is 5.56 Å². The van der Waals surface area contributed by atoms with Crippen LogP contribution in [0.1, 0.15) is 59.6 Å². The summed E-state index contributed by atoms with van der Waals surface area (Å²) < 4.78 is 7.43. The van der Waals surface area contributed by atoms with Crippen molar-refractivity contribution in [2.45, 2.75) is 65.6 Å². The van der Waals surface area contributed by atoms with Crippen molar-refractivity contribution in [1.82, 2.24) is 10.6 Å². The highest BCUT2D eigenvalue weighted by Gasteiger charge is 2.20. The van der Waals surface area contributed by atoms with Gasteiger partial charge in [-0.25, -0.2) is 4.79 Å². The molecule has 1 amide bonds. The molecule has 142 valence electrons. The SMILES string of the molecule is CC(C)CC(CNC(=O)OC(C)(C)C)NC(C)c1ccc(Br)cc1Br. The number of nitrogens with one attached hydrogen (secondary N) is 2. The Morgan fingerprint density at radius 2 is 1.84 bits per heavy atom. The summed E-state index contributed by atoms with van der Waals surface area (Å²) in [5, 5.41) is 6.51. The van der Waals surface area contributed by atoms with Crippen molar-refractivity contribution in [3.63, 3.8) is 0 Å². The lowest BCUT2D eigenvalue weighted by Crippen LogP contribution is -2.44. The van der Waals surface area contributed by atoms with Crippen molar-refractivity contribution in [2.24, 2.45) is 5.92 Å². The van der Waals surface area contributed by atoms with Gasteiger partial charge in [-0.1, -0.05) is 51.8 Å². The largest absolute Gasteiger partial charge is 0.444 e. The molecule has 0 heterocycles. The van der Waals surface area contributed by atoms with Gasteiger partial charge in [0.2, 0.25) is 0 Å². The molecule has 2 N–H and O–H groups in total. The number of carbonyl (C=O) groups is 1. The van der Waals surface area contributed by atoms with E-state index in [0.29, 0.717) is 12.5 Å². The molecule has 25 heavy (non-hydrogen) atoms. The Morgan fingerprint density at radius 3 is 2.36 bits per heavy atom. The zero-order chi connectivity index (χ0) is 19.2. The minimum Gasteiger partial charge on any atom is -0.444 e. The Bertz CT molecular complexity index is 571. The zero-order valence-electron chi connectivity index (χ0n) is 16.0. The van der Waals surface area contributed by atoms with Gasteiger partial charge in [-0.2, -0.15) is 0 Å². The second-order valence-electron chi connectivity index (χ2n) is 7.76.